The first-order chi connectivity index (χ1) is 15.2. The molecule has 0 N–H and O–H groups in total. The van der Waals surface area contributed by atoms with Crippen molar-refractivity contribution in [1.82, 2.24) is 4.98 Å². The summed E-state index contributed by atoms with van der Waals surface area (Å²) in [4.78, 5) is 19.7. The molecule has 5 rings (SSSR count). The first-order valence-electron chi connectivity index (χ1n) is 10.2. The molecule has 1 aromatic heterocycles. The Balaban J connectivity index is 1.43. The molecule has 8 heteroatoms. The van der Waals surface area contributed by atoms with Crippen LogP contribution in [0.2, 0.25) is 0 Å². The molecule has 31 heavy (non-hydrogen) atoms. The molecule has 0 bridgehead atoms. The van der Waals surface area contributed by atoms with Crippen LogP contribution in [0.15, 0.2) is 42.5 Å². The highest BCUT2D eigenvalue weighted by Crippen LogP contribution is 2.35. The van der Waals surface area contributed by atoms with Gasteiger partial charge in [0.2, 0.25) is 6.79 Å². The van der Waals surface area contributed by atoms with Gasteiger partial charge < -0.3 is 18.9 Å². The molecule has 0 aliphatic carbocycles. The minimum Gasteiger partial charge on any atom is -0.494 e. The van der Waals surface area contributed by atoms with Crippen molar-refractivity contribution in [3.05, 3.63) is 48.0 Å². The predicted molar refractivity (Wildman–Crippen MR) is 119 cm³/mol. The number of para-hydroxylation sites is 1. The van der Waals surface area contributed by atoms with E-state index < -0.39 is 0 Å². The molecule has 1 saturated heterocycles. The van der Waals surface area contributed by atoms with Crippen LogP contribution in [-0.2, 0) is 9.53 Å². The van der Waals surface area contributed by atoms with Crippen molar-refractivity contribution in [2.45, 2.75) is 18.9 Å². The fourth-order valence-corrected chi connectivity index (χ4v) is 4.72. The fourth-order valence-electron chi connectivity index (χ4n) is 3.72. The summed E-state index contributed by atoms with van der Waals surface area (Å²) >= 11 is 1.47. The second kappa shape index (κ2) is 8.56. The first-order valence-corrected chi connectivity index (χ1v) is 11.0. The van der Waals surface area contributed by atoms with Crippen LogP contribution < -0.4 is 19.1 Å². The molecule has 1 unspecified atom stereocenters. The number of carbonyl (C=O) groups is 1. The molecule has 3 heterocycles. The predicted octanol–water partition coefficient (Wildman–Crippen LogP) is 4.26. The van der Waals surface area contributed by atoms with Crippen molar-refractivity contribution < 1.29 is 23.7 Å². The summed E-state index contributed by atoms with van der Waals surface area (Å²) in [5.74, 6) is 1.95. The Bertz CT molecular complexity index is 1140. The van der Waals surface area contributed by atoms with E-state index in [1.807, 2.05) is 36.4 Å². The molecule has 1 amide bonds. The Hall–Kier alpha value is -3.10. The quantitative estimate of drug-likeness (QED) is 0.536. The van der Waals surface area contributed by atoms with Gasteiger partial charge in [0, 0.05) is 12.7 Å². The van der Waals surface area contributed by atoms with Crippen molar-refractivity contribution in [2.24, 2.45) is 0 Å². The number of nitrogens with zero attached hydrogens (tertiary/aromatic N) is 2. The Kier molecular flexibility index (Phi) is 5.48. The van der Waals surface area contributed by atoms with Crippen LogP contribution in [0.4, 0.5) is 5.13 Å². The van der Waals surface area contributed by atoms with Crippen LogP contribution in [-0.4, -0.2) is 44.0 Å². The molecule has 2 aromatic carbocycles. The number of aromatic nitrogens is 1. The van der Waals surface area contributed by atoms with Crippen LogP contribution in [0.3, 0.4) is 0 Å². The van der Waals surface area contributed by atoms with E-state index >= 15 is 0 Å². The summed E-state index contributed by atoms with van der Waals surface area (Å²) in [6, 6.07) is 11.4. The third-order valence-corrected chi connectivity index (χ3v) is 6.36. The van der Waals surface area contributed by atoms with Gasteiger partial charge in [0.15, 0.2) is 16.6 Å². The molecule has 1 atom stereocenters. The van der Waals surface area contributed by atoms with Gasteiger partial charge in [0.25, 0.3) is 5.91 Å². The molecule has 2 aliphatic rings. The Morgan fingerprint density at radius 3 is 3.03 bits per heavy atom. The lowest BCUT2D eigenvalue weighted by molar-refractivity contribution is -0.114. The van der Waals surface area contributed by atoms with Gasteiger partial charge in [-0.2, -0.15) is 0 Å². The zero-order chi connectivity index (χ0) is 21.2. The van der Waals surface area contributed by atoms with Crippen molar-refractivity contribution in [3.63, 3.8) is 0 Å². The van der Waals surface area contributed by atoms with Gasteiger partial charge in [-0.05, 0) is 48.7 Å². The maximum absolute atomic E-state index is 13.2. The SMILES string of the molecule is COc1cccc2sc(N(CC3CCCO3)C(=O)C=Cc3ccc4c(c3)OCO4)nc12. The lowest BCUT2D eigenvalue weighted by atomic mass is 10.2. The van der Waals surface area contributed by atoms with E-state index in [4.69, 9.17) is 23.9 Å². The highest BCUT2D eigenvalue weighted by molar-refractivity contribution is 7.22. The lowest BCUT2D eigenvalue weighted by Crippen LogP contribution is -2.36. The lowest BCUT2D eigenvalue weighted by Gasteiger charge is -2.21. The maximum atomic E-state index is 13.2. The van der Waals surface area contributed by atoms with Gasteiger partial charge >= 0.3 is 0 Å². The van der Waals surface area contributed by atoms with Gasteiger partial charge in [-0.1, -0.05) is 23.5 Å². The van der Waals surface area contributed by atoms with Crippen LogP contribution in [0.5, 0.6) is 17.2 Å². The normalized spacial score (nSPS) is 17.5. The highest BCUT2D eigenvalue weighted by atomic mass is 32.1. The van der Waals surface area contributed by atoms with Gasteiger partial charge in [-0.15, -0.1) is 0 Å². The van der Waals surface area contributed by atoms with Crippen LogP contribution in [0.25, 0.3) is 16.3 Å². The third-order valence-electron chi connectivity index (χ3n) is 5.31. The monoisotopic (exact) mass is 438 g/mol. The molecule has 1 fully saturated rings. The van der Waals surface area contributed by atoms with E-state index in [0.717, 1.165) is 35.2 Å². The van der Waals surface area contributed by atoms with E-state index in [1.165, 1.54) is 11.3 Å². The van der Waals surface area contributed by atoms with E-state index in [9.17, 15) is 4.79 Å². The summed E-state index contributed by atoms with van der Waals surface area (Å²) in [5.41, 5.74) is 1.62. The highest BCUT2D eigenvalue weighted by Gasteiger charge is 2.25. The second-order valence-corrected chi connectivity index (χ2v) is 8.34. The zero-order valence-corrected chi connectivity index (χ0v) is 17.9. The number of anilines is 1. The molecular formula is C23H22N2O5S. The summed E-state index contributed by atoms with van der Waals surface area (Å²) < 4.78 is 23.0. The Morgan fingerprint density at radius 2 is 2.19 bits per heavy atom. The van der Waals surface area contributed by atoms with Crippen LogP contribution >= 0.6 is 11.3 Å². The minimum absolute atomic E-state index is 0.0109. The van der Waals surface area contributed by atoms with E-state index in [0.29, 0.717) is 28.9 Å². The summed E-state index contributed by atoms with van der Waals surface area (Å²) in [7, 11) is 1.62. The van der Waals surface area contributed by atoms with Gasteiger partial charge in [0.05, 0.1) is 24.5 Å². The first kappa shape index (κ1) is 19.8. The molecule has 0 radical (unpaired) electrons. The van der Waals surface area contributed by atoms with Crippen LogP contribution in [0.1, 0.15) is 18.4 Å². The maximum Gasteiger partial charge on any atom is 0.252 e. The fraction of sp³-hybridized carbons (Fsp3) is 0.304. The van der Waals surface area contributed by atoms with E-state index in [2.05, 4.69) is 0 Å². The smallest absolute Gasteiger partial charge is 0.252 e. The van der Waals surface area contributed by atoms with Crippen molar-refractivity contribution in [3.8, 4) is 17.2 Å². The third kappa shape index (κ3) is 4.08. The molecule has 7 nitrogen and oxygen atoms in total. The van der Waals surface area contributed by atoms with Crippen LogP contribution in [0, 0.1) is 0 Å². The standard InChI is InChI=1S/C23H22N2O5S/c1-27-18-5-2-6-20-22(18)24-23(31-20)25(13-16-4-3-11-28-16)21(26)10-8-15-7-9-17-19(12-15)30-14-29-17/h2,5-10,12,16H,3-4,11,13-14H2,1H3. The molecule has 2 aliphatic heterocycles. The number of carbonyl (C=O) groups excluding carboxylic acids is 1. The van der Waals surface area contributed by atoms with Gasteiger partial charge in [0.1, 0.15) is 11.3 Å². The number of hydrogen-bond acceptors (Lipinski definition) is 7. The second-order valence-electron chi connectivity index (χ2n) is 7.33. The molecule has 0 spiro atoms. The number of benzene rings is 2. The average molecular weight is 439 g/mol. The summed E-state index contributed by atoms with van der Waals surface area (Å²) in [6.07, 6.45) is 5.30. The summed E-state index contributed by atoms with van der Waals surface area (Å²) in [5, 5.41) is 0.635. The van der Waals surface area contributed by atoms with E-state index in [1.54, 1.807) is 24.2 Å². The number of fused-ring (bicyclic) bond motifs is 2. The number of thiazole rings is 1. The average Bonchev–Trinajstić information content (AvgIpc) is 3.55. The zero-order valence-electron chi connectivity index (χ0n) is 17.1. The number of rotatable bonds is 6. The molecular weight excluding hydrogens is 416 g/mol. The summed E-state index contributed by atoms with van der Waals surface area (Å²) in [6.45, 7) is 1.41. The van der Waals surface area contributed by atoms with Gasteiger partial charge in [-0.25, -0.2) is 4.98 Å². The number of methoxy groups -OCH3 is 1. The molecule has 0 saturated carbocycles. The Labute approximate surface area is 183 Å². The largest absolute Gasteiger partial charge is 0.494 e. The Morgan fingerprint density at radius 1 is 1.29 bits per heavy atom. The molecule has 3 aromatic rings. The van der Waals surface area contributed by atoms with Crippen molar-refractivity contribution >= 4 is 38.7 Å². The number of amides is 1. The number of ether oxygens (including phenoxy) is 4. The molecule has 160 valence electrons. The van der Waals surface area contributed by atoms with E-state index in [-0.39, 0.29) is 18.8 Å². The number of hydrogen-bond donors (Lipinski definition) is 0. The minimum atomic E-state index is -0.147. The van der Waals surface area contributed by atoms with Crippen molar-refractivity contribution in [2.75, 3.05) is 32.0 Å². The van der Waals surface area contributed by atoms with Gasteiger partial charge in [-0.3, -0.25) is 9.69 Å². The topological polar surface area (TPSA) is 70.1 Å². The van der Waals surface area contributed by atoms with Crippen molar-refractivity contribution in [1.29, 1.82) is 0 Å².